The molecule has 22 heavy (non-hydrogen) atoms. The number of nitrogens with zero attached hydrogens (tertiary/aromatic N) is 2. The van der Waals surface area contributed by atoms with E-state index in [9.17, 15) is 0 Å². The summed E-state index contributed by atoms with van der Waals surface area (Å²) in [7, 11) is 0. The maximum absolute atomic E-state index is 6.74. The van der Waals surface area contributed by atoms with Gasteiger partial charge in [0.05, 0.1) is 5.35 Å². The average Bonchev–Trinajstić information content (AvgIpc) is 2.60. The van der Waals surface area contributed by atoms with Gasteiger partial charge in [-0.2, -0.15) is 0 Å². The highest BCUT2D eigenvalue weighted by molar-refractivity contribution is 5.40. The number of rotatable bonds is 3. The van der Waals surface area contributed by atoms with E-state index in [4.69, 9.17) is 5.73 Å². The van der Waals surface area contributed by atoms with Gasteiger partial charge < -0.3 is 5.73 Å². The van der Waals surface area contributed by atoms with E-state index in [0.717, 1.165) is 30.7 Å². The molecule has 3 heteroatoms. The van der Waals surface area contributed by atoms with Crippen molar-refractivity contribution in [2.24, 2.45) is 17.6 Å². The second-order valence-electron chi connectivity index (χ2n) is 6.96. The molecule has 0 aromatic carbocycles. The predicted molar refractivity (Wildman–Crippen MR) is 90.4 cm³/mol. The Morgan fingerprint density at radius 1 is 1.36 bits per heavy atom. The van der Waals surface area contributed by atoms with E-state index >= 15 is 0 Å². The number of pyridine rings is 1. The first-order valence-corrected chi connectivity index (χ1v) is 8.55. The van der Waals surface area contributed by atoms with E-state index < -0.39 is 0 Å². The summed E-state index contributed by atoms with van der Waals surface area (Å²) in [5.74, 6) is 1.43. The number of hydrogen-bond donors (Lipinski definition) is 1. The normalized spacial score (nSPS) is 34.2. The van der Waals surface area contributed by atoms with Crippen LogP contribution in [0.2, 0.25) is 0 Å². The third-order valence-corrected chi connectivity index (χ3v) is 5.84. The zero-order valence-electron chi connectivity index (χ0n) is 13.1. The van der Waals surface area contributed by atoms with Crippen molar-refractivity contribution < 1.29 is 0 Å². The van der Waals surface area contributed by atoms with Gasteiger partial charge in [-0.05, 0) is 55.7 Å². The third-order valence-electron chi connectivity index (χ3n) is 5.84. The van der Waals surface area contributed by atoms with Crippen LogP contribution in [0.25, 0.3) is 12.2 Å². The first-order chi connectivity index (χ1) is 10.8. The van der Waals surface area contributed by atoms with E-state index in [2.05, 4.69) is 40.8 Å². The lowest BCUT2D eigenvalue weighted by Crippen LogP contribution is -2.57. The molecule has 2 bridgehead atoms. The summed E-state index contributed by atoms with van der Waals surface area (Å²) >= 11 is 0. The predicted octanol–water partition coefficient (Wildman–Crippen LogP) is 1.33. The molecule has 5 atom stereocenters. The van der Waals surface area contributed by atoms with Crippen LogP contribution in [0.4, 0.5) is 0 Å². The highest BCUT2D eigenvalue weighted by atomic mass is 15.2. The Hall–Kier alpha value is -1.45. The summed E-state index contributed by atoms with van der Waals surface area (Å²) < 4.78 is 0. The summed E-state index contributed by atoms with van der Waals surface area (Å²) in [4.78, 5) is 7.11. The second-order valence-corrected chi connectivity index (χ2v) is 6.96. The van der Waals surface area contributed by atoms with Crippen molar-refractivity contribution in [1.29, 1.82) is 0 Å². The average molecular weight is 295 g/mol. The zero-order valence-corrected chi connectivity index (χ0v) is 13.1. The van der Waals surface area contributed by atoms with Gasteiger partial charge in [0.25, 0.3) is 0 Å². The lowest BCUT2D eigenvalue weighted by Gasteiger charge is -2.51. The van der Waals surface area contributed by atoms with Crippen molar-refractivity contribution >= 4 is 12.2 Å². The standard InChI is InChI=1S/C19H25N3/c1-2-13-12-22-10-8-14(13)11-18(22)19(20)16-7-9-21-17-6-4-3-5-15(16)17/h2,5-7,9,13-14,18-19H,1,3-4,8,10-12,20H2/t13-,14?,18?,19+/m0/s1. The fourth-order valence-electron chi connectivity index (χ4n) is 4.59. The van der Waals surface area contributed by atoms with Gasteiger partial charge in [-0.1, -0.05) is 18.2 Å². The fraction of sp³-hybridized carbons (Fsp3) is 0.526. The number of piperidine rings is 3. The molecule has 0 spiro atoms. The number of nitrogens with two attached hydrogens (primary N) is 1. The molecule has 1 aromatic rings. The van der Waals surface area contributed by atoms with Crippen LogP contribution in [-0.2, 0) is 0 Å². The summed E-state index contributed by atoms with van der Waals surface area (Å²) in [6.07, 6.45) is 13.3. The molecule has 0 amide bonds. The van der Waals surface area contributed by atoms with Crippen molar-refractivity contribution in [2.45, 2.75) is 37.8 Å². The monoisotopic (exact) mass is 295 g/mol. The van der Waals surface area contributed by atoms with Crippen molar-refractivity contribution in [2.75, 3.05) is 13.1 Å². The Morgan fingerprint density at radius 3 is 3.00 bits per heavy atom. The van der Waals surface area contributed by atoms with Crippen LogP contribution in [0.3, 0.4) is 0 Å². The Kier molecular flexibility index (Phi) is 3.63. The molecule has 3 fully saturated rings. The quantitative estimate of drug-likeness (QED) is 0.856. The van der Waals surface area contributed by atoms with Crippen molar-refractivity contribution in [3.05, 3.63) is 41.0 Å². The van der Waals surface area contributed by atoms with Crippen LogP contribution in [0, 0.1) is 11.8 Å². The van der Waals surface area contributed by atoms with Crippen molar-refractivity contribution in [1.82, 2.24) is 9.88 Å². The van der Waals surface area contributed by atoms with Gasteiger partial charge in [-0.15, -0.1) is 6.58 Å². The molecule has 0 radical (unpaired) electrons. The van der Waals surface area contributed by atoms with Gasteiger partial charge in [0, 0.05) is 30.0 Å². The second kappa shape index (κ2) is 5.64. The molecular formula is C19H25N3. The van der Waals surface area contributed by atoms with Crippen LogP contribution < -0.4 is 16.3 Å². The minimum Gasteiger partial charge on any atom is -0.323 e. The molecule has 4 aliphatic rings. The van der Waals surface area contributed by atoms with E-state index in [1.165, 1.54) is 30.2 Å². The van der Waals surface area contributed by atoms with Gasteiger partial charge in [0.15, 0.2) is 0 Å². The molecule has 3 saturated heterocycles. The van der Waals surface area contributed by atoms with Gasteiger partial charge >= 0.3 is 0 Å². The van der Waals surface area contributed by atoms with E-state index in [-0.39, 0.29) is 6.04 Å². The molecule has 3 unspecified atom stereocenters. The van der Waals surface area contributed by atoms with Crippen LogP contribution in [0.5, 0.6) is 0 Å². The largest absolute Gasteiger partial charge is 0.323 e. The molecule has 5 rings (SSSR count). The van der Waals surface area contributed by atoms with Gasteiger partial charge in [0.1, 0.15) is 0 Å². The molecule has 3 aliphatic heterocycles. The minimum absolute atomic E-state index is 0.0908. The Labute approximate surface area is 132 Å². The van der Waals surface area contributed by atoms with Crippen LogP contribution in [0.15, 0.2) is 24.9 Å². The van der Waals surface area contributed by atoms with Crippen LogP contribution >= 0.6 is 0 Å². The summed E-state index contributed by atoms with van der Waals surface area (Å²) in [5.41, 5.74) is 8.02. The highest BCUT2D eigenvalue weighted by Gasteiger charge is 2.41. The van der Waals surface area contributed by atoms with E-state index in [1.54, 1.807) is 0 Å². The first kappa shape index (κ1) is 14.2. The van der Waals surface area contributed by atoms with Gasteiger partial charge in [-0.3, -0.25) is 9.88 Å². The zero-order chi connectivity index (χ0) is 15.1. The van der Waals surface area contributed by atoms with E-state index in [1.807, 2.05) is 6.20 Å². The SMILES string of the molecule is C=C[C@H]1CN2CCC1CC2[C@H](N)c1ccnc2c1=CCCC=2. The lowest BCUT2D eigenvalue weighted by molar-refractivity contribution is 0.00715. The first-order valence-electron chi connectivity index (χ1n) is 8.55. The van der Waals surface area contributed by atoms with Crippen LogP contribution in [0.1, 0.15) is 37.3 Å². The number of hydrogen-bond acceptors (Lipinski definition) is 3. The molecule has 0 saturated carbocycles. The van der Waals surface area contributed by atoms with Gasteiger partial charge in [0.2, 0.25) is 0 Å². The molecule has 4 heterocycles. The molecule has 3 nitrogen and oxygen atoms in total. The molecule has 1 aromatic heterocycles. The molecule has 116 valence electrons. The van der Waals surface area contributed by atoms with Crippen molar-refractivity contribution in [3.8, 4) is 0 Å². The van der Waals surface area contributed by atoms with Gasteiger partial charge in [-0.25, -0.2) is 0 Å². The number of fused-ring (bicyclic) bond motifs is 4. The third kappa shape index (κ3) is 2.24. The highest BCUT2D eigenvalue weighted by Crippen LogP contribution is 2.39. The summed E-state index contributed by atoms with van der Waals surface area (Å²) in [6, 6.07) is 2.69. The lowest BCUT2D eigenvalue weighted by atomic mass is 9.73. The van der Waals surface area contributed by atoms with Crippen LogP contribution in [-0.4, -0.2) is 29.0 Å². The Balaban J connectivity index is 1.67. The maximum atomic E-state index is 6.74. The minimum atomic E-state index is 0.0908. The molecular weight excluding hydrogens is 270 g/mol. The Bertz CT molecular complexity index is 693. The number of aromatic nitrogens is 1. The fourth-order valence-corrected chi connectivity index (χ4v) is 4.59. The topological polar surface area (TPSA) is 42.1 Å². The Morgan fingerprint density at radius 2 is 2.23 bits per heavy atom. The summed E-state index contributed by atoms with van der Waals surface area (Å²) in [5, 5.41) is 2.41. The maximum Gasteiger partial charge on any atom is 0.0662 e. The van der Waals surface area contributed by atoms with Crippen molar-refractivity contribution in [3.63, 3.8) is 0 Å². The molecule has 1 aliphatic carbocycles. The molecule has 2 N–H and O–H groups in total. The summed E-state index contributed by atoms with van der Waals surface area (Å²) in [6.45, 7) is 6.34. The smallest absolute Gasteiger partial charge is 0.0662 e. The van der Waals surface area contributed by atoms with E-state index in [0.29, 0.717) is 12.0 Å².